The fraction of sp³-hybridized carbons (Fsp3) is 0.267. The van der Waals surface area contributed by atoms with Crippen molar-refractivity contribution >= 4 is 16.7 Å². The molecular weight excluding hydrogens is 228 g/mol. The second-order valence-electron chi connectivity index (χ2n) is 5.01. The smallest absolute Gasteiger partial charge is 0.314 e. The summed E-state index contributed by atoms with van der Waals surface area (Å²) in [5.41, 5.74) is -0.109. The minimum Gasteiger partial charge on any atom is -0.481 e. The van der Waals surface area contributed by atoms with Crippen molar-refractivity contribution < 1.29 is 15.0 Å². The van der Waals surface area contributed by atoms with Crippen molar-refractivity contribution in [2.24, 2.45) is 0 Å². The van der Waals surface area contributed by atoms with Crippen LogP contribution < -0.4 is 0 Å². The molecule has 0 heterocycles. The van der Waals surface area contributed by atoms with Crippen molar-refractivity contribution in [3.63, 3.8) is 0 Å². The van der Waals surface area contributed by atoms with Crippen LogP contribution in [-0.4, -0.2) is 22.3 Å². The first-order valence-corrected chi connectivity index (χ1v) is 6.02. The number of carbonyl (C=O) groups is 1. The molecule has 0 amide bonds. The number of aliphatic hydroxyl groups is 1. The molecule has 0 radical (unpaired) electrons. The lowest BCUT2D eigenvalue weighted by atomic mass is 9.62. The third-order valence-electron chi connectivity index (χ3n) is 3.88. The van der Waals surface area contributed by atoms with Gasteiger partial charge in [0.25, 0.3) is 0 Å². The van der Waals surface area contributed by atoms with Crippen molar-refractivity contribution in [3.8, 4) is 0 Å². The number of aliphatic carboxylic acids is 1. The van der Waals surface area contributed by atoms with Crippen LogP contribution in [0.25, 0.3) is 10.8 Å². The van der Waals surface area contributed by atoms with Gasteiger partial charge in [-0.3, -0.25) is 4.79 Å². The second kappa shape index (κ2) is 3.82. The minimum atomic E-state index is -0.899. The summed E-state index contributed by atoms with van der Waals surface area (Å²) < 4.78 is 0. The summed E-state index contributed by atoms with van der Waals surface area (Å²) in [5.74, 6) is -0.844. The molecule has 3 rings (SSSR count). The van der Waals surface area contributed by atoms with Crippen molar-refractivity contribution in [1.29, 1.82) is 0 Å². The van der Waals surface area contributed by atoms with Gasteiger partial charge < -0.3 is 10.2 Å². The standard InChI is InChI=1S/C15H14O3/c16-13-8-15(9-13,14(17)18)12-6-5-10-3-1-2-4-11(10)7-12/h1-7,13,16H,8-9H2,(H,17,18). The van der Waals surface area contributed by atoms with E-state index < -0.39 is 17.5 Å². The number of carboxylic acids is 1. The zero-order valence-electron chi connectivity index (χ0n) is 9.84. The Balaban J connectivity index is 2.11. The first-order valence-electron chi connectivity index (χ1n) is 6.02. The van der Waals surface area contributed by atoms with Gasteiger partial charge >= 0.3 is 5.97 Å². The van der Waals surface area contributed by atoms with Gasteiger partial charge in [-0.1, -0.05) is 42.5 Å². The third-order valence-corrected chi connectivity index (χ3v) is 3.88. The van der Waals surface area contributed by atoms with E-state index in [2.05, 4.69) is 0 Å². The van der Waals surface area contributed by atoms with E-state index in [1.54, 1.807) is 0 Å². The Labute approximate surface area is 105 Å². The van der Waals surface area contributed by atoms with Gasteiger partial charge in [0.1, 0.15) is 0 Å². The number of hydrogen-bond acceptors (Lipinski definition) is 2. The van der Waals surface area contributed by atoms with E-state index in [0.717, 1.165) is 16.3 Å². The zero-order chi connectivity index (χ0) is 12.8. The molecule has 18 heavy (non-hydrogen) atoms. The van der Waals surface area contributed by atoms with Gasteiger partial charge in [-0.25, -0.2) is 0 Å². The Hall–Kier alpha value is -1.87. The lowest BCUT2D eigenvalue weighted by Crippen LogP contribution is -2.50. The maximum atomic E-state index is 11.5. The third kappa shape index (κ3) is 1.51. The zero-order valence-corrected chi connectivity index (χ0v) is 9.84. The first kappa shape index (κ1) is 11.2. The molecule has 0 unspecified atom stereocenters. The minimum absolute atomic E-state index is 0.306. The van der Waals surface area contributed by atoms with Crippen LogP contribution in [0.3, 0.4) is 0 Å². The number of rotatable bonds is 2. The van der Waals surface area contributed by atoms with E-state index in [0.29, 0.717) is 12.8 Å². The topological polar surface area (TPSA) is 57.5 Å². The highest BCUT2D eigenvalue weighted by Crippen LogP contribution is 2.44. The Morgan fingerprint density at radius 3 is 2.39 bits per heavy atom. The molecule has 1 saturated carbocycles. The van der Waals surface area contributed by atoms with Gasteiger partial charge in [0.05, 0.1) is 11.5 Å². The van der Waals surface area contributed by atoms with Gasteiger partial charge in [0.2, 0.25) is 0 Å². The van der Waals surface area contributed by atoms with E-state index in [-0.39, 0.29) is 0 Å². The molecule has 1 fully saturated rings. The molecule has 3 heteroatoms. The molecule has 0 bridgehead atoms. The van der Waals surface area contributed by atoms with Crippen molar-refractivity contribution in [2.75, 3.05) is 0 Å². The van der Waals surface area contributed by atoms with E-state index in [1.807, 2.05) is 42.5 Å². The highest BCUT2D eigenvalue weighted by molar-refractivity contribution is 5.88. The summed E-state index contributed by atoms with van der Waals surface area (Å²) in [4.78, 5) is 11.5. The van der Waals surface area contributed by atoms with Gasteiger partial charge in [-0.2, -0.15) is 0 Å². The molecule has 0 spiro atoms. The maximum Gasteiger partial charge on any atom is 0.314 e. The number of benzene rings is 2. The van der Waals surface area contributed by atoms with Crippen LogP contribution in [0.15, 0.2) is 42.5 Å². The lowest BCUT2D eigenvalue weighted by molar-refractivity contribution is -0.152. The van der Waals surface area contributed by atoms with Crippen LogP contribution >= 0.6 is 0 Å². The summed E-state index contributed by atoms with van der Waals surface area (Å²) in [7, 11) is 0. The average molecular weight is 242 g/mol. The first-order chi connectivity index (χ1) is 8.62. The monoisotopic (exact) mass is 242 g/mol. The summed E-state index contributed by atoms with van der Waals surface area (Å²) in [6, 6.07) is 13.6. The Bertz CT molecular complexity index is 612. The quantitative estimate of drug-likeness (QED) is 0.849. The highest BCUT2D eigenvalue weighted by Gasteiger charge is 2.51. The van der Waals surface area contributed by atoms with Crippen LogP contribution in [-0.2, 0) is 10.2 Å². The van der Waals surface area contributed by atoms with Gasteiger partial charge in [0, 0.05) is 0 Å². The molecule has 1 aliphatic rings. The highest BCUT2D eigenvalue weighted by atomic mass is 16.4. The van der Waals surface area contributed by atoms with E-state index in [9.17, 15) is 15.0 Å². The summed E-state index contributed by atoms with van der Waals surface area (Å²) in [6.45, 7) is 0. The van der Waals surface area contributed by atoms with Crippen molar-refractivity contribution in [3.05, 3.63) is 48.0 Å². The molecule has 0 atom stereocenters. The van der Waals surface area contributed by atoms with E-state index >= 15 is 0 Å². The van der Waals surface area contributed by atoms with Crippen molar-refractivity contribution in [2.45, 2.75) is 24.4 Å². The summed E-state index contributed by atoms with van der Waals surface area (Å²) >= 11 is 0. The van der Waals surface area contributed by atoms with Crippen LogP contribution in [0.5, 0.6) is 0 Å². The van der Waals surface area contributed by atoms with E-state index in [4.69, 9.17) is 0 Å². The maximum absolute atomic E-state index is 11.5. The molecule has 92 valence electrons. The molecule has 0 aliphatic heterocycles. The SMILES string of the molecule is O=C(O)C1(c2ccc3ccccc3c2)CC(O)C1. The molecule has 2 N–H and O–H groups in total. The van der Waals surface area contributed by atoms with Crippen LogP contribution in [0.2, 0.25) is 0 Å². The van der Waals surface area contributed by atoms with Crippen molar-refractivity contribution in [1.82, 2.24) is 0 Å². The fourth-order valence-electron chi connectivity index (χ4n) is 2.77. The summed E-state index contributed by atoms with van der Waals surface area (Å²) in [5, 5.41) is 21.0. The molecule has 1 aliphatic carbocycles. The molecule has 0 saturated heterocycles. The van der Waals surface area contributed by atoms with Crippen LogP contribution in [0.1, 0.15) is 18.4 Å². The molecule has 3 nitrogen and oxygen atoms in total. The number of fused-ring (bicyclic) bond motifs is 1. The predicted octanol–water partition coefficient (Wildman–Crippen LogP) is 2.32. The average Bonchev–Trinajstić information content (AvgIpc) is 2.34. The normalized spacial score (nSPS) is 26.8. The predicted molar refractivity (Wildman–Crippen MR) is 68.5 cm³/mol. The fourth-order valence-corrected chi connectivity index (χ4v) is 2.77. The van der Waals surface area contributed by atoms with Crippen LogP contribution in [0.4, 0.5) is 0 Å². The number of hydrogen-bond donors (Lipinski definition) is 2. The van der Waals surface area contributed by atoms with E-state index in [1.165, 1.54) is 0 Å². The molecule has 2 aromatic rings. The Kier molecular flexibility index (Phi) is 2.38. The lowest BCUT2D eigenvalue weighted by Gasteiger charge is -2.42. The molecule has 0 aromatic heterocycles. The molecular formula is C15H14O3. The van der Waals surface area contributed by atoms with Gasteiger partial charge in [-0.05, 0) is 29.2 Å². The van der Waals surface area contributed by atoms with Gasteiger partial charge in [0.15, 0.2) is 0 Å². The number of aliphatic hydroxyl groups excluding tert-OH is 1. The Morgan fingerprint density at radius 2 is 1.78 bits per heavy atom. The Morgan fingerprint density at radius 1 is 1.11 bits per heavy atom. The van der Waals surface area contributed by atoms with Crippen LogP contribution in [0, 0.1) is 0 Å². The molecule has 2 aromatic carbocycles. The van der Waals surface area contributed by atoms with Gasteiger partial charge in [-0.15, -0.1) is 0 Å². The second-order valence-corrected chi connectivity index (χ2v) is 5.01. The largest absolute Gasteiger partial charge is 0.481 e. The number of carboxylic acid groups (broad SMARTS) is 1. The summed E-state index contributed by atoms with van der Waals surface area (Å²) in [6.07, 6.45) is 0.119.